The number of rotatable bonds is 7. The van der Waals surface area contributed by atoms with Crippen molar-refractivity contribution in [3.05, 3.63) is 96.2 Å². The molecular weight excluding hydrogens is 526 g/mol. The molecule has 2 heterocycles. The number of methoxy groups -OCH3 is 1. The molecule has 0 saturated carbocycles. The Morgan fingerprint density at radius 2 is 1.74 bits per heavy atom. The molecule has 0 spiro atoms. The van der Waals surface area contributed by atoms with Crippen molar-refractivity contribution in [2.45, 2.75) is 0 Å². The van der Waals surface area contributed by atoms with Crippen molar-refractivity contribution in [3.8, 4) is 34.0 Å². The second-order valence-corrected chi connectivity index (χ2v) is 10.6. The first-order valence-electron chi connectivity index (χ1n) is 11.6. The molecular formula is C28H22F2N4O4S. The highest BCUT2D eigenvalue weighted by Gasteiger charge is 2.19. The van der Waals surface area contributed by atoms with Gasteiger partial charge in [-0.15, -0.1) is 0 Å². The summed E-state index contributed by atoms with van der Waals surface area (Å²) in [6.45, 7) is 0. The van der Waals surface area contributed by atoms with E-state index in [9.17, 15) is 22.0 Å². The highest BCUT2D eigenvalue weighted by Crippen LogP contribution is 2.34. The largest absolute Gasteiger partial charge is 0.481 e. The van der Waals surface area contributed by atoms with Crippen molar-refractivity contribution < 1.29 is 26.7 Å². The molecule has 5 aromatic rings. The molecule has 198 valence electrons. The van der Waals surface area contributed by atoms with Crippen LogP contribution in [-0.2, 0) is 10.0 Å². The van der Waals surface area contributed by atoms with Gasteiger partial charge in [0, 0.05) is 34.3 Å². The number of aromatic nitrogens is 2. The third kappa shape index (κ3) is 5.30. The molecule has 3 aromatic carbocycles. The molecule has 8 nitrogen and oxygen atoms in total. The number of nitrogens with zero attached hydrogens (tertiary/aromatic N) is 2. The second-order valence-electron chi connectivity index (χ2n) is 8.83. The summed E-state index contributed by atoms with van der Waals surface area (Å²) in [7, 11) is -2.10. The SMILES string of the molecule is COc1cccc(-c2cc(-c3ccc(F)cc3F)cc(-n3c(C(N)=O)cc4ccc(NS(C)(=O)=O)cc43)c2)n1. The number of amides is 1. The highest BCUT2D eigenvalue weighted by molar-refractivity contribution is 7.92. The van der Waals surface area contributed by atoms with Crippen LogP contribution in [0.3, 0.4) is 0 Å². The number of hydrogen-bond acceptors (Lipinski definition) is 5. The second kappa shape index (κ2) is 9.84. The van der Waals surface area contributed by atoms with Crippen LogP contribution < -0.4 is 15.2 Å². The van der Waals surface area contributed by atoms with Gasteiger partial charge in [-0.1, -0.05) is 12.1 Å². The van der Waals surface area contributed by atoms with Crippen LogP contribution in [0.25, 0.3) is 39.0 Å². The van der Waals surface area contributed by atoms with E-state index in [1.165, 1.54) is 13.2 Å². The van der Waals surface area contributed by atoms with E-state index in [4.69, 9.17) is 10.5 Å². The number of nitrogens with two attached hydrogens (primary N) is 1. The first-order chi connectivity index (χ1) is 18.5. The Morgan fingerprint density at radius 3 is 2.44 bits per heavy atom. The molecule has 2 aromatic heterocycles. The number of carbonyl (C=O) groups is 1. The van der Waals surface area contributed by atoms with Gasteiger partial charge in [-0.3, -0.25) is 9.52 Å². The van der Waals surface area contributed by atoms with Gasteiger partial charge in [0.25, 0.3) is 5.91 Å². The van der Waals surface area contributed by atoms with E-state index in [-0.39, 0.29) is 16.9 Å². The molecule has 0 bridgehead atoms. The van der Waals surface area contributed by atoms with Gasteiger partial charge in [0.1, 0.15) is 17.3 Å². The van der Waals surface area contributed by atoms with Crippen molar-refractivity contribution in [1.29, 1.82) is 0 Å². The number of benzene rings is 3. The molecule has 3 N–H and O–H groups in total. The van der Waals surface area contributed by atoms with E-state index in [0.29, 0.717) is 39.3 Å². The van der Waals surface area contributed by atoms with Crippen molar-refractivity contribution in [3.63, 3.8) is 0 Å². The summed E-state index contributed by atoms with van der Waals surface area (Å²) in [6.07, 6.45) is 1.03. The van der Waals surface area contributed by atoms with E-state index in [1.807, 2.05) is 0 Å². The molecule has 0 aliphatic carbocycles. The van der Waals surface area contributed by atoms with Crippen LogP contribution in [0.15, 0.2) is 78.9 Å². The van der Waals surface area contributed by atoms with E-state index in [1.54, 1.807) is 65.2 Å². The lowest BCUT2D eigenvalue weighted by molar-refractivity contribution is 0.0994. The number of nitrogens with one attached hydrogen (secondary N) is 1. The van der Waals surface area contributed by atoms with Crippen molar-refractivity contribution in [1.82, 2.24) is 9.55 Å². The fourth-order valence-electron chi connectivity index (χ4n) is 4.39. The number of pyridine rings is 1. The van der Waals surface area contributed by atoms with Crippen LogP contribution in [0.4, 0.5) is 14.5 Å². The number of halogens is 2. The summed E-state index contributed by atoms with van der Waals surface area (Å²) in [5.41, 5.74) is 8.55. The Balaban J connectivity index is 1.82. The zero-order chi connectivity index (χ0) is 27.9. The first kappa shape index (κ1) is 25.9. The molecule has 0 aliphatic rings. The summed E-state index contributed by atoms with van der Waals surface area (Å²) < 4.78 is 61.5. The quantitative estimate of drug-likeness (QED) is 0.293. The van der Waals surface area contributed by atoms with Crippen molar-refractivity contribution >= 4 is 32.5 Å². The van der Waals surface area contributed by atoms with Crippen LogP contribution >= 0.6 is 0 Å². The number of primary amides is 1. The Labute approximate surface area is 222 Å². The standard InChI is InChI=1S/C28H22F2N4O4S/c1-38-27-5-3-4-24(32-27)18-10-17(22-9-7-19(29)14-23(22)30)11-21(12-18)34-25-15-20(33-39(2,36)37)8-6-16(25)13-26(34)28(31)35/h3-15,33H,1-2H3,(H2,31,35). The third-order valence-electron chi connectivity index (χ3n) is 6.01. The van der Waals surface area contributed by atoms with Crippen LogP contribution in [0.2, 0.25) is 0 Å². The van der Waals surface area contributed by atoms with Gasteiger partial charge in [0.05, 0.1) is 30.3 Å². The van der Waals surface area contributed by atoms with Gasteiger partial charge in [0.15, 0.2) is 0 Å². The maximum absolute atomic E-state index is 14.9. The molecule has 0 atom stereocenters. The molecule has 1 amide bonds. The highest BCUT2D eigenvalue weighted by atomic mass is 32.2. The van der Waals surface area contributed by atoms with Gasteiger partial charge >= 0.3 is 0 Å². The van der Waals surface area contributed by atoms with Gasteiger partial charge in [-0.25, -0.2) is 22.2 Å². The molecule has 0 saturated heterocycles. The molecule has 5 rings (SSSR count). The summed E-state index contributed by atoms with van der Waals surface area (Å²) >= 11 is 0. The van der Waals surface area contributed by atoms with Crippen molar-refractivity contribution in [2.75, 3.05) is 18.1 Å². The van der Waals surface area contributed by atoms with Crippen LogP contribution in [0.1, 0.15) is 10.5 Å². The molecule has 0 aliphatic heterocycles. The lowest BCUT2D eigenvalue weighted by Crippen LogP contribution is -2.16. The molecule has 0 unspecified atom stereocenters. The lowest BCUT2D eigenvalue weighted by atomic mass is 9.99. The Hall–Kier alpha value is -4.77. The molecule has 39 heavy (non-hydrogen) atoms. The lowest BCUT2D eigenvalue weighted by Gasteiger charge is -2.15. The van der Waals surface area contributed by atoms with Gasteiger partial charge < -0.3 is 15.0 Å². The fraction of sp³-hybridized carbons (Fsp3) is 0.0714. The minimum Gasteiger partial charge on any atom is -0.481 e. The van der Waals surface area contributed by atoms with Crippen LogP contribution in [0, 0.1) is 11.6 Å². The first-order valence-corrected chi connectivity index (χ1v) is 13.5. The van der Waals surface area contributed by atoms with E-state index < -0.39 is 27.6 Å². The number of ether oxygens (including phenoxy) is 1. The number of carbonyl (C=O) groups excluding carboxylic acids is 1. The summed E-state index contributed by atoms with van der Waals surface area (Å²) in [6, 6.07) is 19.8. The van der Waals surface area contributed by atoms with E-state index in [2.05, 4.69) is 9.71 Å². The average Bonchev–Trinajstić information content (AvgIpc) is 3.27. The monoisotopic (exact) mass is 548 g/mol. The predicted molar refractivity (Wildman–Crippen MR) is 145 cm³/mol. The Morgan fingerprint density at radius 1 is 0.974 bits per heavy atom. The van der Waals surface area contributed by atoms with Crippen LogP contribution in [0.5, 0.6) is 5.88 Å². The third-order valence-corrected chi connectivity index (χ3v) is 6.61. The van der Waals surface area contributed by atoms with Crippen LogP contribution in [-0.4, -0.2) is 37.2 Å². The summed E-state index contributed by atoms with van der Waals surface area (Å²) in [5.74, 6) is -1.87. The molecule has 0 fully saturated rings. The number of hydrogen-bond donors (Lipinski definition) is 2. The van der Waals surface area contributed by atoms with Crippen molar-refractivity contribution in [2.24, 2.45) is 5.73 Å². The topological polar surface area (TPSA) is 116 Å². The number of sulfonamides is 1. The normalized spacial score (nSPS) is 11.5. The molecule has 0 radical (unpaired) electrons. The average molecular weight is 549 g/mol. The van der Waals surface area contributed by atoms with E-state index >= 15 is 0 Å². The van der Waals surface area contributed by atoms with E-state index in [0.717, 1.165) is 18.4 Å². The maximum atomic E-state index is 14.9. The Bertz CT molecular complexity index is 1870. The summed E-state index contributed by atoms with van der Waals surface area (Å²) in [5, 5.41) is 0.613. The fourth-order valence-corrected chi connectivity index (χ4v) is 4.95. The zero-order valence-corrected chi connectivity index (χ0v) is 21.6. The molecule has 11 heteroatoms. The Kier molecular flexibility index (Phi) is 6.52. The summed E-state index contributed by atoms with van der Waals surface area (Å²) in [4.78, 5) is 17.0. The van der Waals surface area contributed by atoms with Gasteiger partial charge in [-0.2, -0.15) is 0 Å². The van der Waals surface area contributed by atoms with Gasteiger partial charge in [0.2, 0.25) is 15.9 Å². The minimum atomic E-state index is -3.58. The van der Waals surface area contributed by atoms with Gasteiger partial charge in [-0.05, 0) is 60.2 Å². The smallest absolute Gasteiger partial charge is 0.265 e. The minimum absolute atomic E-state index is 0.114. The maximum Gasteiger partial charge on any atom is 0.265 e. The number of anilines is 1. The predicted octanol–water partition coefficient (Wildman–Crippen LogP) is 5.12. The zero-order valence-electron chi connectivity index (χ0n) is 20.8. The number of fused-ring (bicyclic) bond motifs is 1.